The summed E-state index contributed by atoms with van der Waals surface area (Å²) in [5.41, 5.74) is 1.82. The summed E-state index contributed by atoms with van der Waals surface area (Å²) in [4.78, 5) is 13.3. The smallest absolute Gasteiger partial charge is 0.275 e. The van der Waals surface area contributed by atoms with E-state index in [0.29, 0.717) is 6.54 Å². The molecule has 1 heterocycles. The molecule has 3 nitrogen and oxygen atoms in total. The highest BCUT2D eigenvalue weighted by Crippen LogP contribution is 2.67. The first-order valence-corrected chi connectivity index (χ1v) is 9.05. The molecule has 0 radical (unpaired) electrons. The first-order valence-electron chi connectivity index (χ1n) is 9.05. The van der Waals surface area contributed by atoms with Gasteiger partial charge in [-0.25, -0.2) is 13.5 Å². The SMILES string of the molecule is CCCn1c2c(c(=O)n1-c1ccc(F)cc1F)C1CCC2(C)C1(C)C. The number of hydrogen-bond donors (Lipinski definition) is 0. The van der Waals surface area contributed by atoms with Gasteiger partial charge in [0.25, 0.3) is 5.56 Å². The fraction of sp³-hybridized carbons (Fsp3) is 0.550. The van der Waals surface area contributed by atoms with Crippen LogP contribution in [0.4, 0.5) is 8.78 Å². The van der Waals surface area contributed by atoms with E-state index < -0.39 is 11.6 Å². The Morgan fingerprint density at radius 2 is 1.96 bits per heavy atom. The molecule has 1 saturated carbocycles. The Hall–Kier alpha value is -1.91. The zero-order valence-corrected chi connectivity index (χ0v) is 15.2. The molecule has 25 heavy (non-hydrogen) atoms. The molecule has 2 atom stereocenters. The fourth-order valence-corrected chi connectivity index (χ4v) is 5.21. The lowest BCUT2D eigenvalue weighted by Crippen LogP contribution is -2.36. The van der Waals surface area contributed by atoms with Crippen molar-refractivity contribution >= 4 is 0 Å². The van der Waals surface area contributed by atoms with E-state index in [1.165, 1.54) is 16.8 Å². The molecule has 2 bridgehead atoms. The van der Waals surface area contributed by atoms with E-state index in [1.54, 1.807) is 0 Å². The Morgan fingerprint density at radius 3 is 2.60 bits per heavy atom. The zero-order valence-electron chi connectivity index (χ0n) is 15.2. The van der Waals surface area contributed by atoms with Crippen LogP contribution in [0.1, 0.15) is 64.1 Å². The molecular weight excluding hydrogens is 322 g/mol. The Morgan fingerprint density at radius 1 is 1.24 bits per heavy atom. The van der Waals surface area contributed by atoms with Crippen molar-refractivity contribution in [2.45, 2.75) is 64.8 Å². The average molecular weight is 346 g/mol. The van der Waals surface area contributed by atoms with Crippen molar-refractivity contribution in [1.82, 2.24) is 9.36 Å². The molecule has 0 saturated heterocycles. The second-order valence-corrected chi connectivity index (χ2v) is 8.24. The van der Waals surface area contributed by atoms with E-state index in [4.69, 9.17) is 0 Å². The Labute approximate surface area is 146 Å². The van der Waals surface area contributed by atoms with E-state index in [2.05, 4.69) is 20.8 Å². The van der Waals surface area contributed by atoms with Gasteiger partial charge in [-0.3, -0.25) is 9.48 Å². The van der Waals surface area contributed by atoms with Gasteiger partial charge in [0.2, 0.25) is 0 Å². The number of nitrogens with zero attached hydrogens (tertiary/aromatic N) is 2. The summed E-state index contributed by atoms with van der Waals surface area (Å²) in [6.07, 6.45) is 2.87. The van der Waals surface area contributed by atoms with E-state index in [1.807, 2.05) is 11.6 Å². The predicted octanol–water partition coefficient (Wildman–Crippen LogP) is 4.50. The van der Waals surface area contributed by atoms with Crippen LogP contribution in [0.15, 0.2) is 23.0 Å². The first-order chi connectivity index (χ1) is 11.7. The molecule has 2 aliphatic rings. The highest BCUT2D eigenvalue weighted by molar-refractivity contribution is 5.47. The molecule has 5 heteroatoms. The minimum absolute atomic E-state index is 0.0206. The molecule has 0 aliphatic heterocycles. The Bertz CT molecular complexity index is 925. The van der Waals surface area contributed by atoms with Crippen LogP contribution in [-0.2, 0) is 12.0 Å². The van der Waals surface area contributed by atoms with Gasteiger partial charge in [0, 0.05) is 23.6 Å². The zero-order chi connectivity index (χ0) is 18.1. The monoisotopic (exact) mass is 346 g/mol. The van der Waals surface area contributed by atoms with Crippen molar-refractivity contribution in [3.05, 3.63) is 51.4 Å². The van der Waals surface area contributed by atoms with E-state index in [0.717, 1.165) is 36.6 Å². The second kappa shape index (κ2) is 5.05. The lowest BCUT2D eigenvalue weighted by Gasteiger charge is -2.36. The standard InChI is InChI=1S/C20H24F2N2O/c1-5-10-23-17-16(13-8-9-20(17,4)19(13,2)3)18(25)24(23)15-7-6-12(21)11-14(15)22/h6-7,11,13H,5,8-10H2,1-4H3. The van der Waals surface area contributed by atoms with Crippen LogP contribution in [0.3, 0.4) is 0 Å². The molecule has 2 unspecified atom stereocenters. The van der Waals surface area contributed by atoms with Gasteiger partial charge in [-0.05, 0) is 42.7 Å². The van der Waals surface area contributed by atoms with Crippen molar-refractivity contribution in [2.75, 3.05) is 0 Å². The number of halogens is 2. The molecule has 134 valence electrons. The summed E-state index contributed by atoms with van der Waals surface area (Å²) in [5.74, 6) is -1.14. The van der Waals surface area contributed by atoms with Crippen LogP contribution in [0.5, 0.6) is 0 Å². The van der Waals surface area contributed by atoms with Crippen molar-refractivity contribution in [1.29, 1.82) is 0 Å². The lowest BCUT2D eigenvalue weighted by atomic mass is 9.70. The maximum atomic E-state index is 14.4. The summed E-state index contributed by atoms with van der Waals surface area (Å²) in [7, 11) is 0. The summed E-state index contributed by atoms with van der Waals surface area (Å²) in [6.45, 7) is 9.39. The molecule has 0 N–H and O–H groups in total. The van der Waals surface area contributed by atoms with Gasteiger partial charge >= 0.3 is 0 Å². The number of fused-ring (bicyclic) bond motifs is 5. The Kier molecular flexibility index (Phi) is 3.35. The number of benzene rings is 1. The van der Waals surface area contributed by atoms with Gasteiger partial charge < -0.3 is 0 Å². The normalized spacial score (nSPS) is 26.2. The van der Waals surface area contributed by atoms with Crippen molar-refractivity contribution in [3.63, 3.8) is 0 Å². The molecular formula is C20H24F2N2O. The van der Waals surface area contributed by atoms with Gasteiger partial charge in [0.15, 0.2) is 5.82 Å². The highest BCUT2D eigenvalue weighted by Gasteiger charge is 2.62. The van der Waals surface area contributed by atoms with Gasteiger partial charge in [-0.2, -0.15) is 0 Å². The third-order valence-electron chi connectivity index (χ3n) is 6.85. The van der Waals surface area contributed by atoms with Gasteiger partial charge in [0.05, 0.1) is 5.69 Å². The molecule has 2 aromatic rings. The van der Waals surface area contributed by atoms with Gasteiger partial charge in [-0.1, -0.05) is 27.7 Å². The van der Waals surface area contributed by atoms with Crippen LogP contribution >= 0.6 is 0 Å². The van der Waals surface area contributed by atoms with E-state index in [-0.39, 0.29) is 28.0 Å². The molecule has 1 fully saturated rings. The van der Waals surface area contributed by atoms with Crippen molar-refractivity contribution < 1.29 is 8.78 Å². The molecule has 1 aromatic heterocycles. The van der Waals surface area contributed by atoms with Crippen LogP contribution in [0.25, 0.3) is 5.69 Å². The fourth-order valence-electron chi connectivity index (χ4n) is 5.21. The van der Waals surface area contributed by atoms with Crippen LogP contribution in [0, 0.1) is 17.0 Å². The van der Waals surface area contributed by atoms with E-state index in [9.17, 15) is 13.6 Å². The minimum atomic E-state index is -0.701. The number of hydrogen-bond acceptors (Lipinski definition) is 1. The third-order valence-corrected chi connectivity index (χ3v) is 6.85. The summed E-state index contributed by atoms with van der Waals surface area (Å²) in [5, 5.41) is 0. The molecule has 1 aromatic carbocycles. The van der Waals surface area contributed by atoms with Crippen LogP contribution in [0.2, 0.25) is 0 Å². The number of aromatic nitrogens is 2. The topological polar surface area (TPSA) is 26.9 Å². The second-order valence-electron chi connectivity index (χ2n) is 8.24. The quantitative estimate of drug-likeness (QED) is 0.804. The van der Waals surface area contributed by atoms with Crippen LogP contribution in [-0.4, -0.2) is 9.36 Å². The minimum Gasteiger partial charge on any atom is -0.281 e. The maximum absolute atomic E-state index is 14.4. The van der Waals surface area contributed by atoms with E-state index >= 15 is 0 Å². The summed E-state index contributed by atoms with van der Waals surface area (Å²) >= 11 is 0. The lowest BCUT2D eigenvalue weighted by molar-refractivity contribution is 0.215. The highest BCUT2D eigenvalue weighted by atomic mass is 19.1. The summed E-state index contributed by atoms with van der Waals surface area (Å²) < 4.78 is 31.2. The Balaban J connectivity index is 2.05. The van der Waals surface area contributed by atoms with Crippen molar-refractivity contribution in [3.8, 4) is 5.69 Å². The third kappa shape index (κ3) is 1.87. The number of rotatable bonds is 3. The van der Waals surface area contributed by atoms with Gasteiger partial charge in [-0.15, -0.1) is 0 Å². The van der Waals surface area contributed by atoms with Crippen LogP contribution < -0.4 is 5.56 Å². The first kappa shape index (κ1) is 16.6. The van der Waals surface area contributed by atoms with Crippen molar-refractivity contribution in [2.24, 2.45) is 5.41 Å². The molecule has 4 rings (SSSR count). The average Bonchev–Trinajstić information content (AvgIpc) is 3.01. The maximum Gasteiger partial charge on any atom is 0.275 e. The predicted molar refractivity (Wildman–Crippen MR) is 93.3 cm³/mol. The van der Waals surface area contributed by atoms with Gasteiger partial charge in [0.1, 0.15) is 11.5 Å². The molecule has 0 spiro atoms. The molecule has 2 aliphatic carbocycles. The molecule has 0 amide bonds. The summed E-state index contributed by atoms with van der Waals surface area (Å²) in [6, 6.07) is 3.42. The largest absolute Gasteiger partial charge is 0.281 e.